The average Bonchev–Trinajstić information content (AvgIpc) is 2.54. The van der Waals surface area contributed by atoms with E-state index >= 15 is 0 Å². The summed E-state index contributed by atoms with van der Waals surface area (Å²) >= 11 is 4.97. The van der Waals surface area contributed by atoms with Crippen molar-refractivity contribution in [1.82, 2.24) is 9.97 Å². The summed E-state index contributed by atoms with van der Waals surface area (Å²) in [6.45, 7) is 2.30. The summed E-state index contributed by atoms with van der Waals surface area (Å²) in [5, 5.41) is 9.53. The number of ether oxygens (including phenoxy) is 2. The molecule has 2 aromatic rings. The van der Waals surface area contributed by atoms with Crippen molar-refractivity contribution in [2.75, 3.05) is 6.61 Å². The van der Waals surface area contributed by atoms with Gasteiger partial charge in [-0.25, -0.2) is 0 Å². The van der Waals surface area contributed by atoms with Gasteiger partial charge in [-0.1, -0.05) is 18.2 Å². The van der Waals surface area contributed by atoms with E-state index in [2.05, 4.69) is 9.97 Å². The summed E-state index contributed by atoms with van der Waals surface area (Å²) in [5.74, 6) is -0.0774. The van der Waals surface area contributed by atoms with Gasteiger partial charge in [0.05, 0.1) is 18.1 Å². The highest BCUT2D eigenvalue weighted by molar-refractivity contribution is 7.71. The van der Waals surface area contributed by atoms with Gasteiger partial charge in [-0.05, 0) is 25.2 Å². The first kappa shape index (κ1) is 15.8. The lowest BCUT2D eigenvalue weighted by molar-refractivity contribution is 0.333. The second kappa shape index (κ2) is 6.22. The molecule has 4 N–H and O–H groups in total. The SMILES string of the molecule is CCOc1ccccc1[C@H]1C(C#N)=C(N)Oc2[nH]c(=S)[nH]c(=O)c21. The molecule has 24 heavy (non-hydrogen) atoms. The molecule has 2 heterocycles. The Labute approximate surface area is 142 Å². The maximum Gasteiger partial charge on any atom is 0.259 e. The molecule has 0 saturated heterocycles. The van der Waals surface area contributed by atoms with Crippen LogP contribution >= 0.6 is 12.2 Å². The molecule has 0 saturated carbocycles. The van der Waals surface area contributed by atoms with E-state index in [1.165, 1.54) is 0 Å². The average molecular weight is 342 g/mol. The molecule has 0 spiro atoms. The lowest BCUT2D eigenvalue weighted by atomic mass is 9.84. The van der Waals surface area contributed by atoms with E-state index in [1.807, 2.05) is 19.1 Å². The zero-order valence-electron chi connectivity index (χ0n) is 12.8. The minimum Gasteiger partial charge on any atom is -0.494 e. The molecule has 0 bridgehead atoms. The predicted molar refractivity (Wildman–Crippen MR) is 89.2 cm³/mol. The molecule has 0 aliphatic carbocycles. The topological polar surface area (TPSA) is 117 Å². The van der Waals surface area contributed by atoms with Crippen molar-refractivity contribution in [3.05, 3.63) is 62.0 Å². The molecule has 0 fully saturated rings. The summed E-state index contributed by atoms with van der Waals surface area (Å²) < 4.78 is 11.2. The van der Waals surface area contributed by atoms with E-state index in [4.69, 9.17) is 27.4 Å². The van der Waals surface area contributed by atoms with Gasteiger partial charge >= 0.3 is 0 Å². The first-order valence-corrected chi connectivity index (χ1v) is 7.63. The van der Waals surface area contributed by atoms with Crippen molar-refractivity contribution < 1.29 is 9.47 Å². The van der Waals surface area contributed by atoms with Crippen LogP contribution < -0.4 is 20.8 Å². The molecule has 0 radical (unpaired) electrons. The van der Waals surface area contributed by atoms with E-state index in [9.17, 15) is 10.1 Å². The number of nitrogens with one attached hydrogen (secondary N) is 2. The summed E-state index contributed by atoms with van der Waals surface area (Å²) in [7, 11) is 0. The molecule has 0 amide bonds. The predicted octanol–water partition coefficient (Wildman–Crippen LogP) is 2.05. The molecule has 1 aliphatic rings. The number of rotatable bonds is 3. The van der Waals surface area contributed by atoms with Crippen LogP contribution in [0.1, 0.15) is 24.0 Å². The first-order valence-electron chi connectivity index (χ1n) is 7.22. The Kier molecular flexibility index (Phi) is 4.10. The van der Waals surface area contributed by atoms with Gasteiger partial charge < -0.3 is 20.2 Å². The number of aromatic amines is 2. The van der Waals surface area contributed by atoms with Crippen molar-refractivity contribution in [3.63, 3.8) is 0 Å². The molecule has 1 aliphatic heterocycles. The molecular weight excluding hydrogens is 328 g/mol. The lowest BCUT2D eigenvalue weighted by Crippen LogP contribution is -2.28. The van der Waals surface area contributed by atoms with E-state index < -0.39 is 11.5 Å². The van der Waals surface area contributed by atoms with Gasteiger partial charge in [0.1, 0.15) is 17.4 Å². The number of nitrogens with zero attached hydrogens (tertiary/aromatic N) is 1. The van der Waals surface area contributed by atoms with Gasteiger partial charge in [-0.3, -0.25) is 9.78 Å². The quantitative estimate of drug-likeness (QED) is 0.735. The Balaban J connectivity index is 2.33. The van der Waals surface area contributed by atoms with Crippen LogP contribution in [0.2, 0.25) is 0 Å². The van der Waals surface area contributed by atoms with E-state index in [0.717, 1.165) is 0 Å². The zero-order chi connectivity index (χ0) is 17.3. The van der Waals surface area contributed by atoms with Crippen molar-refractivity contribution in [1.29, 1.82) is 5.26 Å². The van der Waals surface area contributed by atoms with Crippen LogP contribution in [-0.4, -0.2) is 16.6 Å². The molecule has 1 atom stereocenters. The second-order valence-electron chi connectivity index (χ2n) is 5.05. The van der Waals surface area contributed by atoms with Crippen LogP contribution in [0.4, 0.5) is 0 Å². The molecular formula is C16H14N4O3S. The summed E-state index contributed by atoms with van der Waals surface area (Å²) in [6.07, 6.45) is 0. The fourth-order valence-electron chi connectivity index (χ4n) is 2.71. The maximum atomic E-state index is 12.5. The van der Waals surface area contributed by atoms with Crippen LogP contribution in [-0.2, 0) is 0 Å². The van der Waals surface area contributed by atoms with Crippen LogP contribution in [0.5, 0.6) is 11.6 Å². The monoisotopic (exact) mass is 342 g/mol. The Bertz CT molecular complexity index is 984. The smallest absolute Gasteiger partial charge is 0.259 e. The highest BCUT2D eigenvalue weighted by atomic mass is 32.1. The number of hydrogen-bond acceptors (Lipinski definition) is 6. The third-order valence-electron chi connectivity index (χ3n) is 3.65. The van der Waals surface area contributed by atoms with E-state index in [0.29, 0.717) is 17.9 Å². The highest BCUT2D eigenvalue weighted by Crippen LogP contribution is 2.42. The van der Waals surface area contributed by atoms with Gasteiger partial charge in [0, 0.05) is 5.56 Å². The number of benzene rings is 1. The standard InChI is InChI=1S/C16H14N4O3S/c1-2-22-10-6-4-3-5-8(10)11-9(7-17)13(18)23-15-12(11)14(21)19-16(24)20-15/h3-6,11H,2,18H2,1H3,(H2,19,20,21,24)/t11-/m0/s1. The Morgan fingerprint density at radius 3 is 2.88 bits per heavy atom. The number of aromatic nitrogens is 2. The molecule has 0 unspecified atom stereocenters. The lowest BCUT2D eigenvalue weighted by Gasteiger charge is -2.26. The molecule has 3 rings (SSSR count). The van der Waals surface area contributed by atoms with E-state index in [1.54, 1.807) is 18.2 Å². The maximum absolute atomic E-state index is 12.5. The number of nitrogens with two attached hydrogens (primary N) is 1. The number of nitriles is 1. The summed E-state index contributed by atoms with van der Waals surface area (Å²) in [5.41, 5.74) is 6.48. The van der Waals surface area contributed by atoms with Gasteiger partial charge in [-0.15, -0.1) is 0 Å². The summed E-state index contributed by atoms with van der Waals surface area (Å²) in [4.78, 5) is 17.8. The zero-order valence-corrected chi connectivity index (χ0v) is 13.6. The molecule has 1 aromatic heterocycles. The van der Waals surface area contributed by atoms with Gasteiger partial charge in [0.25, 0.3) is 5.56 Å². The minimum absolute atomic E-state index is 0.0717. The fraction of sp³-hybridized carbons (Fsp3) is 0.188. The largest absolute Gasteiger partial charge is 0.494 e. The van der Waals surface area contributed by atoms with E-state index in [-0.39, 0.29) is 27.7 Å². The van der Waals surface area contributed by atoms with Crippen molar-refractivity contribution in [2.45, 2.75) is 12.8 Å². The van der Waals surface area contributed by atoms with Crippen molar-refractivity contribution in [3.8, 4) is 17.7 Å². The highest BCUT2D eigenvalue weighted by Gasteiger charge is 2.35. The van der Waals surface area contributed by atoms with Gasteiger partial charge in [0.15, 0.2) is 4.77 Å². The number of allylic oxidation sites excluding steroid dienone is 1. The molecule has 1 aromatic carbocycles. The minimum atomic E-state index is -0.711. The number of H-pyrrole nitrogens is 2. The van der Waals surface area contributed by atoms with Crippen molar-refractivity contribution >= 4 is 12.2 Å². The van der Waals surface area contributed by atoms with Crippen molar-refractivity contribution in [2.24, 2.45) is 5.73 Å². The summed E-state index contributed by atoms with van der Waals surface area (Å²) in [6, 6.07) is 9.22. The van der Waals surface area contributed by atoms with Crippen LogP contribution in [0.3, 0.4) is 0 Å². The normalized spacial score (nSPS) is 16.1. The molecule has 7 nitrogen and oxygen atoms in total. The Morgan fingerprint density at radius 2 is 2.17 bits per heavy atom. The number of para-hydroxylation sites is 1. The van der Waals surface area contributed by atoms with Crippen LogP contribution in [0, 0.1) is 16.1 Å². The van der Waals surface area contributed by atoms with Gasteiger partial charge in [0.2, 0.25) is 11.8 Å². The number of fused-ring (bicyclic) bond motifs is 1. The third-order valence-corrected chi connectivity index (χ3v) is 3.85. The van der Waals surface area contributed by atoms with Gasteiger partial charge in [-0.2, -0.15) is 5.26 Å². The third kappa shape index (κ3) is 2.55. The van der Waals surface area contributed by atoms with Crippen LogP contribution in [0.25, 0.3) is 0 Å². The number of hydrogen-bond donors (Lipinski definition) is 3. The fourth-order valence-corrected chi connectivity index (χ4v) is 2.89. The Hall–Kier alpha value is -3.05. The molecule has 8 heteroatoms. The van der Waals surface area contributed by atoms with Crippen LogP contribution in [0.15, 0.2) is 40.5 Å². The second-order valence-corrected chi connectivity index (χ2v) is 5.45. The first-order chi connectivity index (χ1) is 11.6. The molecule has 122 valence electrons. The Morgan fingerprint density at radius 1 is 1.42 bits per heavy atom.